The molecule has 0 aliphatic carbocycles. The van der Waals surface area contributed by atoms with E-state index in [4.69, 9.17) is 10.5 Å². The van der Waals surface area contributed by atoms with Crippen molar-refractivity contribution in [2.75, 3.05) is 26.1 Å². The molecule has 82 valence electrons. The summed E-state index contributed by atoms with van der Waals surface area (Å²) in [5, 5.41) is 0. The van der Waals surface area contributed by atoms with Crippen LogP contribution in [-0.2, 0) is 4.74 Å². The topological polar surface area (TPSA) is 61.5 Å². The molecule has 0 unspecified atom stereocenters. The molecule has 4 nitrogen and oxygen atoms in total. The Balaban J connectivity index is 2.83. The standard InChI is InChI=1S/C10H12FNO3/c1-14-9-5-7(4-8(12)6-9)10(13)15-3-2-11/h4-6H,2-3,12H2,1H3. The Hall–Kier alpha value is -1.78. The van der Waals surface area contributed by atoms with E-state index < -0.39 is 12.6 Å². The van der Waals surface area contributed by atoms with Crippen molar-refractivity contribution in [3.8, 4) is 5.75 Å². The van der Waals surface area contributed by atoms with E-state index in [0.29, 0.717) is 11.4 Å². The van der Waals surface area contributed by atoms with E-state index in [1.54, 1.807) is 6.07 Å². The number of alkyl halides is 1. The van der Waals surface area contributed by atoms with Crippen molar-refractivity contribution < 1.29 is 18.7 Å². The summed E-state index contributed by atoms with van der Waals surface area (Å²) in [5.41, 5.74) is 6.18. The van der Waals surface area contributed by atoms with Crippen molar-refractivity contribution in [2.45, 2.75) is 0 Å². The minimum absolute atomic E-state index is 0.250. The number of anilines is 1. The number of hydrogen-bond acceptors (Lipinski definition) is 4. The van der Waals surface area contributed by atoms with Gasteiger partial charge in [0.1, 0.15) is 19.0 Å². The molecule has 0 saturated heterocycles. The monoisotopic (exact) mass is 213 g/mol. The molecular formula is C10H12FNO3. The molecule has 1 aromatic rings. The summed E-state index contributed by atoms with van der Waals surface area (Å²) in [4.78, 5) is 11.3. The minimum atomic E-state index is -0.703. The van der Waals surface area contributed by atoms with Gasteiger partial charge in [0, 0.05) is 11.8 Å². The number of nitrogen functional groups attached to an aromatic ring is 1. The van der Waals surface area contributed by atoms with Crippen LogP contribution in [0.4, 0.5) is 10.1 Å². The van der Waals surface area contributed by atoms with E-state index in [1.807, 2.05) is 0 Å². The fourth-order valence-corrected chi connectivity index (χ4v) is 1.07. The third-order valence-electron chi connectivity index (χ3n) is 1.71. The SMILES string of the molecule is COc1cc(N)cc(C(=O)OCCF)c1. The predicted molar refractivity (Wildman–Crippen MR) is 53.7 cm³/mol. The van der Waals surface area contributed by atoms with Crippen LogP contribution in [0, 0.1) is 0 Å². The number of hydrogen-bond donors (Lipinski definition) is 1. The Morgan fingerprint density at radius 2 is 2.20 bits per heavy atom. The molecule has 0 saturated carbocycles. The van der Waals surface area contributed by atoms with Crippen LogP contribution in [0.3, 0.4) is 0 Å². The zero-order valence-corrected chi connectivity index (χ0v) is 8.33. The average molecular weight is 213 g/mol. The third-order valence-corrected chi connectivity index (χ3v) is 1.71. The van der Waals surface area contributed by atoms with Crippen molar-refractivity contribution in [3.63, 3.8) is 0 Å². The zero-order valence-electron chi connectivity index (χ0n) is 8.33. The van der Waals surface area contributed by atoms with Crippen LogP contribution in [0.15, 0.2) is 18.2 Å². The first-order chi connectivity index (χ1) is 7.17. The van der Waals surface area contributed by atoms with Gasteiger partial charge in [0.05, 0.1) is 12.7 Å². The van der Waals surface area contributed by atoms with Crippen molar-refractivity contribution in [3.05, 3.63) is 23.8 Å². The molecule has 5 heteroatoms. The Labute approximate surface area is 86.8 Å². The van der Waals surface area contributed by atoms with Gasteiger partial charge in [0.15, 0.2) is 0 Å². The van der Waals surface area contributed by atoms with Crippen LogP contribution >= 0.6 is 0 Å². The number of halogens is 1. The van der Waals surface area contributed by atoms with Crippen molar-refractivity contribution in [1.82, 2.24) is 0 Å². The molecule has 0 radical (unpaired) electrons. The first-order valence-electron chi connectivity index (χ1n) is 4.35. The van der Waals surface area contributed by atoms with Gasteiger partial charge >= 0.3 is 5.97 Å². The molecule has 0 bridgehead atoms. The summed E-state index contributed by atoms with van der Waals surface area (Å²) in [6, 6.07) is 4.51. The highest BCUT2D eigenvalue weighted by Gasteiger charge is 2.09. The van der Waals surface area contributed by atoms with Gasteiger partial charge in [-0.1, -0.05) is 0 Å². The van der Waals surface area contributed by atoms with E-state index >= 15 is 0 Å². The fourth-order valence-electron chi connectivity index (χ4n) is 1.07. The number of benzene rings is 1. The number of carbonyl (C=O) groups is 1. The molecule has 0 atom stereocenters. The van der Waals surface area contributed by atoms with Crippen molar-refractivity contribution in [2.24, 2.45) is 0 Å². The Kier molecular flexibility index (Phi) is 3.91. The summed E-state index contributed by atoms with van der Waals surface area (Å²) in [6.07, 6.45) is 0. The smallest absolute Gasteiger partial charge is 0.338 e. The lowest BCUT2D eigenvalue weighted by atomic mass is 10.2. The molecule has 0 spiro atoms. The fraction of sp³-hybridized carbons (Fsp3) is 0.300. The van der Waals surface area contributed by atoms with Gasteiger partial charge in [0.2, 0.25) is 0 Å². The summed E-state index contributed by atoms with van der Waals surface area (Å²) in [6.45, 7) is -0.957. The zero-order chi connectivity index (χ0) is 11.3. The van der Waals surface area contributed by atoms with Crippen molar-refractivity contribution >= 4 is 11.7 Å². The van der Waals surface area contributed by atoms with Gasteiger partial charge in [-0.25, -0.2) is 9.18 Å². The number of carbonyl (C=O) groups excluding carboxylic acids is 1. The highest BCUT2D eigenvalue weighted by molar-refractivity contribution is 5.91. The summed E-state index contributed by atoms with van der Waals surface area (Å²) >= 11 is 0. The molecule has 0 aliphatic heterocycles. The number of nitrogens with two attached hydrogens (primary N) is 1. The van der Waals surface area contributed by atoms with Crippen LogP contribution in [0.5, 0.6) is 5.75 Å². The lowest BCUT2D eigenvalue weighted by molar-refractivity contribution is 0.0481. The van der Waals surface area contributed by atoms with E-state index in [0.717, 1.165) is 0 Å². The van der Waals surface area contributed by atoms with Gasteiger partial charge in [-0.05, 0) is 12.1 Å². The lowest BCUT2D eigenvalue weighted by Gasteiger charge is -2.06. The van der Waals surface area contributed by atoms with Crippen molar-refractivity contribution in [1.29, 1.82) is 0 Å². The number of rotatable bonds is 4. The number of esters is 1. The van der Waals surface area contributed by atoms with Crippen LogP contribution in [0.25, 0.3) is 0 Å². The van der Waals surface area contributed by atoms with Gasteiger partial charge in [-0.2, -0.15) is 0 Å². The number of methoxy groups -OCH3 is 1. The first kappa shape index (κ1) is 11.3. The second-order valence-electron chi connectivity index (χ2n) is 2.82. The number of ether oxygens (including phenoxy) is 2. The van der Waals surface area contributed by atoms with Gasteiger partial charge in [-0.3, -0.25) is 0 Å². The maximum atomic E-state index is 11.8. The maximum Gasteiger partial charge on any atom is 0.338 e. The Morgan fingerprint density at radius 1 is 1.47 bits per heavy atom. The second-order valence-corrected chi connectivity index (χ2v) is 2.82. The molecule has 1 aromatic carbocycles. The van der Waals surface area contributed by atoms with Gasteiger partial charge < -0.3 is 15.2 Å². The van der Waals surface area contributed by atoms with Crippen LogP contribution in [0.2, 0.25) is 0 Å². The van der Waals surface area contributed by atoms with Gasteiger partial charge in [-0.15, -0.1) is 0 Å². The molecule has 0 heterocycles. The van der Waals surface area contributed by atoms with E-state index in [-0.39, 0.29) is 12.2 Å². The van der Waals surface area contributed by atoms with Gasteiger partial charge in [0.25, 0.3) is 0 Å². The molecule has 1 rings (SSSR count). The summed E-state index contributed by atoms with van der Waals surface area (Å²) < 4.78 is 21.3. The summed E-state index contributed by atoms with van der Waals surface area (Å²) in [7, 11) is 1.46. The molecule has 15 heavy (non-hydrogen) atoms. The summed E-state index contributed by atoms with van der Waals surface area (Å²) in [5.74, 6) is -0.152. The predicted octanol–water partition coefficient (Wildman–Crippen LogP) is 1.40. The normalized spacial score (nSPS) is 9.73. The average Bonchev–Trinajstić information content (AvgIpc) is 2.24. The molecule has 0 aromatic heterocycles. The first-order valence-corrected chi connectivity index (χ1v) is 4.35. The largest absolute Gasteiger partial charge is 0.497 e. The Bertz CT molecular complexity index is 355. The second kappa shape index (κ2) is 5.19. The quantitative estimate of drug-likeness (QED) is 0.606. The van der Waals surface area contributed by atoms with Crippen LogP contribution in [0.1, 0.15) is 10.4 Å². The minimum Gasteiger partial charge on any atom is -0.497 e. The Morgan fingerprint density at radius 3 is 2.80 bits per heavy atom. The highest BCUT2D eigenvalue weighted by Crippen LogP contribution is 2.18. The van der Waals surface area contributed by atoms with E-state index in [9.17, 15) is 9.18 Å². The molecule has 0 amide bonds. The van der Waals surface area contributed by atoms with Crippen LogP contribution in [-0.4, -0.2) is 26.4 Å². The molecule has 0 fully saturated rings. The maximum absolute atomic E-state index is 11.8. The lowest BCUT2D eigenvalue weighted by Crippen LogP contribution is -2.08. The molecule has 0 aliphatic rings. The van der Waals surface area contributed by atoms with Crippen LogP contribution < -0.4 is 10.5 Å². The van der Waals surface area contributed by atoms with E-state index in [1.165, 1.54) is 19.2 Å². The van der Waals surface area contributed by atoms with E-state index in [2.05, 4.69) is 4.74 Å². The highest BCUT2D eigenvalue weighted by atomic mass is 19.1. The molecule has 2 N–H and O–H groups in total. The molecular weight excluding hydrogens is 201 g/mol. The third kappa shape index (κ3) is 3.12.